The number of rotatable bonds is 5. The summed E-state index contributed by atoms with van der Waals surface area (Å²) in [5.74, 6) is 0.435. The van der Waals surface area contributed by atoms with Crippen molar-refractivity contribution in [2.75, 3.05) is 25.5 Å². The highest BCUT2D eigenvalue weighted by Gasteiger charge is 2.13. The van der Waals surface area contributed by atoms with Gasteiger partial charge in [0.05, 0.1) is 5.69 Å². The average Bonchev–Trinajstić information content (AvgIpc) is 2.63. The monoisotopic (exact) mass is 213 g/mol. The van der Waals surface area contributed by atoms with Crippen molar-refractivity contribution < 1.29 is 0 Å². The number of nitrogens with two attached hydrogens (primary N) is 1. The maximum Gasteiger partial charge on any atom is 0.184 e. The van der Waals surface area contributed by atoms with E-state index >= 15 is 0 Å². The van der Waals surface area contributed by atoms with E-state index in [9.17, 15) is 0 Å². The lowest BCUT2D eigenvalue weighted by Crippen LogP contribution is -2.13. The number of hydrogen-bond acceptors (Lipinski definition) is 4. The molecule has 14 heavy (non-hydrogen) atoms. The minimum absolute atomic E-state index is 0.435. The van der Waals surface area contributed by atoms with Crippen molar-refractivity contribution in [3.05, 3.63) is 11.1 Å². The van der Waals surface area contributed by atoms with E-state index in [1.165, 1.54) is 0 Å². The molecule has 0 spiro atoms. The quantitative estimate of drug-likeness (QED) is 0.814. The second-order valence-corrected chi connectivity index (χ2v) is 4.51. The summed E-state index contributed by atoms with van der Waals surface area (Å²) >= 11 is 1.69. The third-order valence-corrected chi connectivity index (χ3v) is 3.26. The molecule has 80 valence electrons. The molecule has 0 radical (unpaired) electrons. The van der Waals surface area contributed by atoms with E-state index in [-0.39, 0.29) is 0 Å². The van der Waals surface area contributed by atoms with E-state index in [0.717, 1.165) is 23.7 Å². The SMILES string of the molecule is CCCC(CN)c1csc(N(C)C)n1. The van der Waals surface area contributed by atoms with Crippen molar-refractivity contribution in [2.24, 2.45) is 5.73 Å². The van der Waals surface area contributed by atoms with Gasteiger partial charge in [0.2, 0.25) is 0 Å². The molecule has 0 saturated carbocycles. The highest BCUT2D eigenvalue weighted by molar-refractivity contribution is 7.13. The first-order chi connectivity index (χ1) is 6.69. The molecule has 0 aromatic carbocycles. The van der Waals surface area contributed by atoms with Crippen LogP contribution in [-0.4, -0.2) is 25.6 Å². The van der Waals surface area contributed by atoms with Crippen molar-refractivity contribution in [3.8, 4) is 0 Å². The van der Waals surface area contributed by atoms with Crippen LogP contribution in [0.1, 0.15) is 31.4 Å². The molecule has 0 aliphatic heterocycles. The molecule has 1 aromatic rings. The third-order valence-electron chi connectivity index (χ3n) is 2.23. The summed E-state index contributed by atoms with van der Waals surface area (Å²) in [6.07, 6.45) is 2.30. The fraction of sp³-hybridized carbons (Fsp3) is 0.700. The molecule has 0 amide bonds. The summed E-state index contributed by atoms with van der Waals surface area (Å²) in [4.78, 5) is 6.60. The molecule has 0 saturated heterocycles. The van der Waals surface area contributed by atoms with E-state index in [1.54, 1.807) is 11.3 Å². The van der Waals surface area contributed by atoms with Gasteiger partial charge in [-0.15, -0.1) is 11.3 Å². The molecule has 0 fully saturated rings. The fourth-order valence-corrected chi connectivity index (χ4v) is 2.24. The summed E-state index contributed by atoms with van der Waals surface area (Å²) in [7, 11) is 4.03. The third kappa shape index (κ3) is 2.69. The lowest BCUT2D eigenvalue weighted by molar-refractivity contribution is 0.610. The molecule has 1 heterocycles. The minimum Gasteiger partial charge on any atom is -0.354 e. The predicted molar refractivity (Wildman–Crippen MR) is 63.1 cm³/mol. The van der Waals surface area contributed by atoms with Gasteiger partial charge in [0.15, 0.2) is 5.13 Å². The minimum atomic E-state index is 0.435. The van der Waals surface area contributed by atoms with Gasteiger partial charge in [-0.1, -0.05) is 13.3 Å². The predicted octanol–water partition coefficient (Wildman–Crippen LogP) is 2.05. The molecule has 0 aliphatic carbocycles. The van der Waals surface area contributed by atoms with E-state index in [2.05, 4.69) is 17.3 Å². The van der Waals surface area contributed by atoms with Crippen molar-refractivity contribution in [1.29, 1.82) is 0 Å². The lowest BCUT2D eigenvalue weighted by Gasteiger charge is -2.10. The Hall–Kier alpha value is -0.610. The smallest absolute Gasteiger partial charge is 0.184 e. The van der Waals surface area contributed by atoms with Crippen LogP contribution >= 0.6 is 11.3 Å². The Bertz CT molecular complexity index is 270. The second kappa shape index (κ2) is 5.32. The molecule has 1 rings (SSSR count). The second-order valence-electron chi connectivity index (χ2n) is 3.67. The van der Waals surface area contributed by atoms with Crippen LogP contribution in [0.2, 0.25) is 0 Å². The van der Waals surface area contributed by atoms with Crippen LogP contribution in [0, 0.1) is 0 Å². The topological polar surface area (TPSA) is 42.1 Å². The Morgan fingerprint density at radius 3 is 2.71 bits per heavy atom. The normalized spacial score (nSPS) is 12.9. The highest BCUT2D eigenvalue weighted by Crippen LogP contribution is 2.25. The number of aromatic nitrogens is 1. The van der Waals surface area contributed by atoms with Crippen molar-refractivity contribution in [1.82, 2.24) is 4.98 Å². The summed E-state index contributed by atoms with van der Waals surface area (Å²) in [6, 6.07) is 0. The zero-order valence-corrected chi connectivity index (χ0v) is 9.97. The summed E-state index contributed by atoms with van der Waals surface area (Å²) < 4.78 is 0. The van der Waals surface area contributed by atoms with Gasteiger partial charge in [0.1, 0.15) is 0 Å². The molecule has 0 aliphatic rings. The Labute approximate surface area is 89.9 Å². The van der Waals surface area contributed by atoms with Crippen LogP contribution in [0.15, 0.2) is 5.38 Å². The Kier molecular flexibility index (Phi) is 4.35. The van der Waals surface area contributed by atoms with Crippen LogP contribution in [0.4, 0.5) is 5.13 Å². The van der Waals surface area contributed by atoms with Gasteiger partial charge in [-0.05, 0) is 6.42 Å². The van der Waals surface area contributed by atoms with E-state index in [1.807, 2.05) is 19.0 Å². The van der Waals surface area contributed by atoms with E-state index in [0.29, 0.717) is 12.5 Å². The number of nitrogens with zero attached hydrogens (tertiary/aromatic N) is 2. The van der Waals surface area contributed by atoms with Crippen molar-refractivity contribution >= 4 is 16.5 Å². The average molecular weight is 213 g/mol. The first-order valence-electron chi connectivity index (χ1n) is 5.01. The number of thiazole rings is 1. The van der Waals surface area contributed by atoms with Crippen molar-refractivity contribution in [2.45, 2.75) is 25.7 Å². The molecular formula is C10H19N3S. The van der Waals surface area contributed by atoms with E-state index < -0.39 is 0 Å². The molecule has 1 aromatic heterocycles. The van der Waals surface area contributed by atoms with Crippen LogP contribution < -0.4 is 10.6 Å². The Balaban J connectivity index is 2.73. The largest absolute Gasteiger partial charge is 0.354 e. The van der Waals surface area contributed by atoms with E-state index in [4.69, 9.17) is 5.73 Å². The maximum atomic E-state index is 5.73. The standard InChI is InChI=1S/C10H19N3S/c1-4-5-8(6-11)9-7-14-10(12-9)13(2)3/h7-8H,4-6,11H2,1-3H3. The van der Waals surface area contributed by atoms with Crippen molar-refractivity contribution in [3.63, 3.8) is 0 Å². The first-order valence-corrected chi connectivity index (χ1v) is 5.89. The molecule has 1 unspecified atom stereocenters. The molecule has 0 bridgehead atoms. The summed E-state index contributed by atoms with van der Waals surface area (Å²) in [6.45, 7) is 2.88. The van der Waals surface area contributed by atoms with Gasteiger partial charge < -0.3 is 10.6 Å². The molecule has 1 atom stereocenters. The van der Waals surface area contributed by atoms with Gasteiger partial charge in [-0.25, -0.2) is 4.98 Å². The summed E-state index contributed by atoms with van der Waals surface area (Å²) in [5, 5.41) is 3.19. The zero-order chi connectivity index (χ0) is 10.6. The van der Waals surface area contributed by atoms with Gasteiger partial charge in [0, 0.05) is 31.9 Å². The van der Waals surface area contributed by atoms with Gasteiger partial charge in [0.25, 0.3) is 0 Å². The maximum absolute atomic E-state index is 5.73. The Morgan fingerprint density at radius 1 is 1.57 bits per heavy atom. The fourth-order valence-electron chi connectivity index (χ4n) is 1.40. The van der Waals surface area contributed by atoms with Gasteiger partial charge in [-0.3, -0.25) is 0 Å². The Morgan fingerprint density at radius 2 is 2.29 bits per heavy atom. The lowest BCUT2D eigenvalue weighted by atomic mass is 10.0. The zero-order valence-electron chi connectivity index (χ0n) is 9.16. The first kappa shape index (κ1) is 11.5. The molecular weight excluding hydrogens is 194 g/mol. The number of anilines is 1. The highest BCUT2D eigenvalue weighted by atomic mass is 32.1. The van der Waals surface area contributed by atoms with Gasteiger partial charge >= 0.3 is 0 Å². The van der Waals surface area contributed by atoms with Crippen LogP contribution in [0.3, 0.4) is 0 Å². The molecule has 4 heteroatoms. The van der Waals surface area contributed by atoms with Crippen LogP contribution in [0.5, 0.6) is 0 Å². The van der Waals surface area contributed by atoms with Gasteiger partial charge in [-0.2, -0.15) is 0 Å². The van der Waals surface area contributed by atoms with Crippen LogP contribution in [-0.2, 0) is 0 Å². The molecule has 3 nitrogen and oxygen atoms in total. The molecule has 2 N–H and O–H groups in total. The van der Waals surface area contributed by atoms with Crippen LogP contribution in [0.25, 0.3) is 0 Å². The summed E-state index contributed by atoms with van der Waals surface area (Å²) in [5.41, 5.74) is 6.88. The number of hydrogen-bond donors (Lipinski definition) is 1.